The fourth-order valence-corrected chi connectivity index (χ4v) is 0.571. The van der Waals surface area contributed by atoms with Crippen molar-refractivity contribution in [2.75, 3.05) is 5.73 Å². The fourth-order valence-electron chi connectivity index (χ4n) is 0.571. The minimum atomic E-state index is -0.947. The summed E-state index contributed by atoms with van der Waals surface area (Å²) in [5.41, 5.74) is 4.32. The van der Waals surface area contributed by atoms with E-state index in [9.17, 15) is 8.78 Å². The van der Waals surface area contributed by atoms with Gasteiger partial charge in [0.05, 0.1) is 0 Å². The second-order valence-corrected chi connectivity index (χ2v) is 1.82. The zero-order chi connectivity index (χ0) is 7.72. The molecule has 0 fully saturated rings. The van der Waals surface area contributed by atoms with Crippen molar-refractivity contribution in [3.8, 4) is 5.75 Å². The summed E-state index contributed by atoms with van der Waals surface area (Å²) < 4.78 is 24.6. The van der Waals surface area contributed by atoms with Crippen LogP contribution in [0.5, 0.6) is 5.75 Å². The first-order chi connectivity index (χ1) is 4.61. The maximum absolute atomic E-state index is 12.3. The van der Waals surface area contributed by atoms with Crippen molar-refractivity contribution < 1.29 is 13.9 Å². The van der Waals surface area contributed by atoms with Crippen molar-refractivity contribution in [2.24, 2.45) is 0 Å². The second-order valence-electron chi connectivity index (χ2n) is 1.82. The predicted molar refractivity (Wildman–Crippen MR) is 32.4 cm³/mol. The van der Waals surface area contributed by atoms with Crippen molar-refractivity contribution >= 4 is 5.69 Å². The van der Waals surface area contributed by atoms with Crippen LogP contribution in [0.3, 0.4) is 0 Å². The molecule has 54 valence electrons. The number of phenolic OH excluding ortho intramolecular Hbond substituents is 1. The Bertz CT molecular complexity index is 239. The van der Waals surface area contributed by atoms with E-state index in [1.54, 1.807) is 0 Å². The smallest absolute Gasteiger partial charge is 0.152 e. The van der Waals surface area contributed by atoms with E-state index in [0.29, 0.717) is 0 Å². The number of anilines is 1. The number of hydrogen-bond donors (Lipinski definition) is 2. The molecular weight excluding hydrogens is 140 g/mol. The van der Waals surface area contributed by atoms with Gasteiger partial charge in [-0.25, -0.2) is 8.78 Å². The van der Waals surface area contributed by atoms with Gasteiger partial charge in [0.15, 0.2) is 11.6 Å². The molecule has 0 bridgehead atoms. The lowest BCUT2D eigenvalue weighted by Gasteiger charge is -1.97. The predicted octanol–water partition coefficient (Wildman–Crippen LogP) is 1.25. The Morgan fingerprint density at radius 2 is 1.60 bits per heavy atom. The molecule has 0 saturated heterocycles. The molecule has 0 heterocycles. The van der Waals surface area contributed by atoms with E-state index >= 15 is 0 Å². The molecule has 1 aromatic rings. The Morgan fingerprint density at radius 1 is 1.20 bits per heavy atom. The largest absolute Gasteiger partial charge is 0.508 e. The van der Waals surface area contributed by atoms with Gasteiger partial charge in [-0.15, -0.1) is 0 Å². The first kappa shape index (κ1) is 6.80. The van der Waals surface area contributed by atoms with Crippen molar-refractivity contribution in [2.45, 2.75) is 0 Å². The van der Waals surface area contributed by atoms with Crippen molar-refractivity contribution in [3.63, 3.8) is 0 Å². The molecule has 0 aliphatic heterocycles. The molecule has 0 saturated carbocycles. The number of benzene rings is 1. The summed E-state index contributed by atoms with van der Waals surface area (Å²) in [5, 5.41) is 8.58. The fraction of sp³-hybridized carbons (Fsp3) is 0. The molecule has 4 heteroatoms. The van der Waals surface area contributed by atoms with Crippen LogP contribution in [0, 0.1) is 11.6 Å². The normalized spacial score (nSPS) is 9.80. The molecular formula is C6H5F2NO. The van der Waals surface area contributed by atoms with Crippen LogP contribution in [-0.2, 0) is 0 Å². The van der Waals surface area contributed by atoms with E-state index in [2.05, 4.69) is 0 Å². The van der Waals surface area contributed by atoms with Gasteiger partial charge in [0, 0.05) is 12.1 Å². The summed E-state index contributed by atoms with van der Waals surface area (Å²) in [4.78, 5) is 0. The van der Waals surface area contributed by atoms with Crippen LogP contribution >= 0.6 is 0 Å². The number of nitrogen functional groups attached to an aromatic ring is 1. The van der Waals surface area contributed by atoms with Crippen LogP contribution in [0.4, 0.5) is 14.5 Å². The molecule has 1 aromatic carbocycles. The first-order valence-corrected chi connectivity index (χ1v) is 2.54. The molecule has 2 nitrogen and oxygen atoms in total. The third-order valence-electron chi connectivity index (χ3n) is 1.06. The van der Waals surface area contributed by atoms with Gasteiger partial charge in [-0.2, -0.15) is 0 Å². The molecule has 0 spiro atoms. The van der Waals surface area contributed by atoms with E-state index in [1.165, 1.54) is 0 Å². The molecule has 10 heavy (non-hydrogen) atoms. The lowest BCUT2D eigenvalue weighted by Crippen LogP contribution is -1.93. The molecule has 0 aromatic heterocycles. The molecule has 0 amide bonds. The molecule has 0 unspecified atom stereocenters. The van der Waals surface area contributed by atoms with Crippen LogP contribution in [0.15, 0.2) is 12.1 Å². The van der Waals surface area contributed by atoms with Gasteiger partial charge in [-0.1, -0.05) is 0 Å². The van der Waals surface area contributed by atoms with E-state index in [-0.39, 0.29) is 0 Å². The Kier molecular flexibility index (Phi) is 1.45. The first-order valence-electron chi connectivity index (χ1n) is 2.54. The lowest BCUT2D eigenvalue weighted by atomic mass is 10.3. The van der Waals surface area contributed by atoms with Crippen LogP contribution in [0.1, 0.15) is 0 Å². The highest BCUT2D eigenvalue weighted by Crippen LogP contribution is 2.20. The molecule has 0 atom stereocenters. The highest BCUT2D eigenvalue weighted by atomic mass is 19.1. The van der Waals surface area contributed by atoms with Gasteiger partial charge in [0.25, 0.3) is 0 Å². The van der Waals surface area contributed by atoms with Crippen LogP contribution < -0.4 is 5.73 Å². The number of nitrogens with two attached hydrogens (primary N) is 1. The number of phenols is 1. The number of hydrogen-bond acceptors (Lipinski definition) is 2. The van der Waals surface area contributed by atoms with Crippen LogP contribution in [0.2, 0.25) is 0 Å². The standard InChI is InChI=1S/C6H5F2NO/c7-4-1-3(10)2-5(8)6(4)9/h1-2,10H,9H2. The van der Waals surface area contributed by atoms with Crippen LogP contribution in [-0.4, -0.2) is 5.11 Å². The highest BCUT2D eigenvalue weighted by molar-refractivity contribution is 5.44. The topological polar surface area (TPSA) is 46.2 Å². The van der Waals surface area contributed by atoms with Gasteiger partial charge in [0.1, 0.15) is 11.4 Å². The zero-order valence-corrected chi connectivity index (χ0v) is 4.94. The number of halogens is 2. The maximum atomic E-state index is 12.3. The van der Waals surface area contributed by atoms with Gasteiger partial charge in [0.2, 0.25) is 0 Å². The van der Waals surface area contributed by atoms with Crippen molar-refractivity contribution in [3.05, 3.63) is 23.8 Å². The van der Waals surface area contributed by atoms with Crippen molar-refractivity contribution in [1.82, 2.24) is 0 Å². The van der Waals surface area contributed by atoms with E-state index in [0.717, 1.165) is 12.1 Å². The third kappa shape index (κ3) is 1.00. The Morgan fingerprint density at radius 3 is 2.00 bits per heavy atom. The molecule has 0 aliphatic carbocycles. The van der Waals surface area contributed by atoms with E-state index in [4.69, 9.17) is 10.8 Å². The van der Waals surface area contributed by atoms with Crippen LogP contribution in [0.25, 0.3) is 0 Å². The highest BCUT2D eigenvalue weighted by Gasteiger charge is 2.05. The van der Waals surface area contributed by atoms with E-state index in [1.807, 2.05) is 0 Å². The van der Waals surface area contributed by atoms with Gasteiger partial charge in [-0.3, -0.25) is 0 Å². The monoisotopic (exact) mass is 145 g/mol. The van der Waals surface area contributed by atoms with Gasteiger partial charge in [-0.05, 0) is 0 Å². The average molecular weight is 145 g/mol. The summed E-state index contributed by atoms with van der Waals surface area (Å²) in [6, 6.07) is 1.50. The molecule has 3 N–H and O–H groups in total. The number of rotatable bonds is 0. The second kappa shape index (κ2) is 2.13. The van der Waals surface area contributed by atoms with Gasteiger partial charge < -0.3 is 10.8 Å². The minimum Gasteiger partial charge on any atom is -0.508 e. The third-order valence-corrected chi connectivity index (χ3v) is 1.06. The summed E-state index contributed by atoms with van der Waals surface area (Å²) >= 11 is 0. The SMILES string of the molecule is Nc1c(F)cc(O)cc1F. The number of aromatic hydroxyl groups is 1. The Labute approximate surface area is 55.9 Å². The van der Waals surface area contributed by atoms with E-state index < -0.39 is 23.1 Å². The Hall–Kier alpha value is -1.32. The maximum Gasteiger partial charge on any atom is 0.152 e. The zero-order valence-electron chi connectivity index (χ0n) is 4.94. The summed E-state index contributed by atoms with van der Waals surface area (Å²) in [6.45, 7) is 0. The summed E-state index contributed by atoms with van der Waals surface area (Å²) in [6.07, 6.45) is 0. The summed E-state index contributed by atoms with van der Waals surface area (Å²) in [7, 11) is 0. The van der Waals surface area contributed by atoms with Gasteiger partial charge >= 0.3 is 0 Å². The lowest BCUT2D eigenvalue weighted by molar-refractivity contribution is 0.462. The molecule has 0 radical (unpaired) electrons. The summed E-state index contributed by atoms with van der Waals surface area (Å²) in [5.74, 6) is -2.36. The minimum absolute atomic E-state index is 0.468. The molecule has 1 rings (SSSR count). The quantitative estimate of drug-likeness (QED) is 0.426. The average Bonchev–Trinajstić information content (AvgIpc) is 1.82. The molecule has 0 aliphatic rings. The Balaban J connectivity index is 3.31. The van der Waals surface area contributed by atoms with Crippen molar-refractivity contribution in [1.29, 1.82) is 0 Å².